The van der Waals surface area contributed by atoms with Crippen LogP contribution in [0.3, 0.4) is 0 Å². The zero-order valence-corrected chi connectivity index (χ0v) is 17.3. The lowest BCUT2D eigenvalue weighted by Crippen LogP contribution is -2.19. The van der Waals surface area contributed by atoms with E-state index in [1.165, 1.54) is 0 Å². The summed E-state index contributed by atoms with van der Waals surface area (Å²) in [5.74, 6) is 1.76. The summed E-state index contributed by atoms with van der Waals surface area (Å²) in [6, 6.07) is 8.55. The minimum atomic E-state index is -0.202. The number of rotatable bonds is 8. The number of nitrogens with zero attached hydrogens (tertiary/aromatic N) is 1. The van der Waals surface area contributed by atoms with Crippen molar-refractivity contribution in [1.82, 2.24) is 4.90 Å². The molecule has 154 valence electrons. The van der Waals surface area contributed by atoms with Crippen LogP contribution in [0.25, 0.3) is 6.08 Å². The van der Waals surface area contributed by atoms with E-state index in [1.54, 1.807) is 44.6 Å². The number of benzene rings is 2. The number of carbonyl (C=O) groups is 1. The maximum Gasteiger partial charge on any atom is 0.231 e. The van der Waals surface area contributed by atoms with Crippen molar-refractivity contribution >= 4 is 11.9 Å². The fourth-order valence-corrected chi connectivity index (χ4v) is 3.32. The molecule has 0 aliphatic carbocycles. The molecule has 1 N–H and O–H groups in total. The van der Waals surface area contributed by atoms with Crippen LogP contribution in [0, 0.1) is 0 Å². The van der Waals surface area contributed by atoms with Crippen LogP contribution in [0.1, 0.15) is 41.3 Å². The predicted octanol–water partition coefficient (Wildman–Crippen LogP) is 4.26. The van der Waals surface area contributed by atoms with Crippen LogP contribution in [0.2, 0.25) is 0 Å². The molecule has 29 heavy (non-hydrogen) atoms. The third-order valence-corrected chi connectivity index (χ3v) is 4.94. The molecule has 0 spiro atoms. The van der Waals surface area contributed by atoms with Crippen molar-refractivity contribution in [3.05, 3.63) is 52.8 Å². The van der Waals surface area contributed by atoms with Crippen LogP contribution in [0.4, 0.5) is 0 Å². The van der Waals surface area contributed by atoms with Crippen molar-refractivity contribution in [2.75, 3.05) is 27.8 Å². The second kappa shape index (κ2) is 9.01. The van der Waals surface area contributed by atoms with Crippen LogP contribution in [-0.2, 0) is 6.54 Å². The second-order valence-corrected chi connectivity index (χ2v) is 7.09. The van der Waals surface area contributed by atoms with E-state index in [0.717, 1.165) is 24.9 Å². The Balaban J connectivity index is 1.90. The van der Waals surface area contributed by atoms with Gasteiger partial charge in [0.25, 0.3) is 0 Å². The summed E-state index contributed by atoms with van der Waals surface area (Å²) >= 11 is 0. The van der Waals surface area contributed by atoms with E-state index in [4.69, 9.17) is 14.2 Å². The third-order valence-electron chi connectivity index (χ3n) is 4.94. The molecule has 0 fully saturated rings. The lowest BCUT2D eigenvalue weighted by atomic mass is 10.0. The van der Waals surface area contributed by atoms with Crippen molar-refractivity contribution < 1.29 is 24.1 Å². The van der Waals surface area contributed by atoms with E-state index in [-0.39, 0.29) is 17.3 Å². The number of phenols is 1. The number of unbranched alkanes of at least 4 members (excludes halogenated alkanes) is 1. The Morgan fingerprint density at radius 2 is 1.90 bits per heavy atom. The first kappa shape index (κ1) is 20.7. The molecule has 1 heterocycles. The SMILES string of the molecule is CCCCN(C)Cc1c(O)ccc2c1OC(=Cc1ccc(OC)c(OC)c1)C2=O. The Hall–Kier alpha value is -2.99. The van der Waals surface area contributed by atoms with E-state index in [2.05, 4.69) is 11.8 Å². The number of Topliss-reactive ketones (excluding diaryl/α,β-unsaturated/α-hetero) is 1. The van der Waals surface area contributed by atoms with E-state index in [1.807, 2.05) is 13.1 Å². The highest BCUT2D eigenvalue weighted by Crippen LogP contribution is 2.40. The first-order chi connectivity index (χ1) is 14.0. The molecule has 0 unspecified atom stereocenters. The van der Waals surface area contributed by atoms with E-state index in [0.29, 0.717) is 34.9 Å². The van der Waals surface area contributed by atoms with Crippen molar-refractivity contribution in [2.24, 2.45) is 0 Å². The van der Waals surface area contributed by atoms with Gasteiger partial charge in [-0.3, -0.25) is 4.79 Å². The summed E-state index contributed by atoms with van der Waals surface area (Å²) in [5, 5.41) is 10.4. The summed E-state index contributed by atoms with van der Waals surface area (Å²) in [6.45, 7) is 3.55. The summed E-state index contributed by atoms with van der Waals surface area (Å²) in [4.78, 5) is 15.0. The Kier molecular flexibility index (Phi) is 6.44. The quantitative estimate of drug-likeness (QED) is 0.672. The molecule has 0 bridgehead atoms. The molecule has 0 radical (unpaired) electrons. The lowest BCUT2D eigenvalue weighted by molar-refractivity contribution is 0.101. The Morgan fingerprint density at radius 3 is 2.59 bits per heavy atom. The molecule has 2 aromatic rings. The van der Waals surface area contributed by atoms with Gasteiger partial charge in [-0.2, -0.15) is 0 Å². The molecule has 0 saturated heterocycles. The van der Waals surface area contributed by atoms with Gasteiger partial charge in [0.15, 0.2) is 17.3 Å². The molecule has 0 saturated carbocycles. The zero-order valence-electron chi connectivity index (χ0n) is 17.3. The van der Waals surface area contributed by atoms with Gasteiger partial charge in [-0.05, 0) is 55.9 Å². The Morgan fingerprint density at radius 1 is 1.14 bits per heavy atom. The average molecular weight is 397 g/mol. The van der Waals surface area contributed by atoms with Gasteiger partial charge >= 0.3 is 0 Å². The van der Waals surface area contributed by atoms with Gasteiger partial charge in [0.2, 0.25) is 5.78 Å². The highest BCUT2D eigenvalue weighted by Gasteiger charge is 2.31. The zero-order chi connectivity index (χ0) is 21.0. The number of ether oxygens (including phenoxy) is 3. The average Bonchev–Trinajstić information content (AvgIpc) is 3.04. The van der Waals surface area contributed by atoms with Gasteiger partial charge in [-0.25, -0.2) is 0 Å². The van der Waals surface area contributed by atoms with Gasteiger partial charge in [0.05, 0.1) is 25.3 Å². The summed E-state index contributed by atoms with van der Waals surface area (Å²) in [6.07, 6.45) is 3.83. The number of ketones is 1. The highest BCUT2D eigenvalue weighted by molar-refractivity contribution is 6.15. The maximum absolute atomic E-state index is 12.9. The first-order valence-electron chi connectivity index (χ1n) is 9.68. The number of fused-ring (bicyclic) bond motifs is 1. The number of hydrogen-bond acceptors (Lipinski definition) is 6. The van der Waals surface area contributed by atoms with Gasteiger partial charge in [0, 0.05) is 6.54 Å². The molecule has 0 atom stereocenters. The van der Waals surface area contributed by atoms with Crippen molar-refractivity contribution in [2.45, 2.75) is 26.3 Å². The van der Waals surface area contributed by atoms with Crippen LogP contribution >= 0.6 is 0 Å². The highest BCUT2D eigenvalue weighted by atomic mass is 16.5. The van der Waals surface area contributed by atoms with Crippen molar-refractivity contribution in [3.63, 3.8) is 0 Å². The van der Waals surface area contributed by atoms with E-state index >= 15 is 0 Å². The molecule has 6 nitrogen and oxygen atoms in total. The topological polar surface area (TPSA) is 68.2 Å². The van der Waals surface area contributed by atoms with Gasteiger partial charge < -0.3 is 24.2 Å². The van der Waals surface area contributed by atoms with Crippen LogP contribution < -0.4 is 14.2 Å². The molecular weight excluding hydrogens is 370 g/mol. The second-order valence-electron chi connectivity index (χ2n) is 7.09. The standard InChI is InChI=1S/C23H27NO5/c1-5-6-11-24(2)14-17-18(25)9-8-16-22(26)21(29-23(16)17)13-15-7-10-19(27-3)20(12-15)28-4/h7-10,12-13,25H,5-6,11,14H2,1-4H3. The Labute approximate surface area is 171 Å². The maximum atomic E-state index is 12.9. The monoisotopic (exact) mass is 397 g/mol. The van der Waals surface area contributed by atoms with E-state index in [9.17, 15) is 9.90 Å². The number of hydrogen-bond donors (Lipinski definition) is 1. The van der Waals surface area contributed by atoms with Crippen LogP contribution in [0.5, 0.6) is 23.0 Å². The molecule has 1 aliphatic heterocycles. The number of carbonyl (C=O) groups excluding carboxylic acids is 1. The fraction of sp³-hybridized carbons (Fsp3) is 0.348. The lowest BCUT2D eigenvalue weighted by Gasteiger charge is -2.18. The number of phenolic OH excluding ortho intramolecular Hbond substituents is 1. The molecule has 1 aliphatic rings. The van der Waals surface area contributed by atoms with Crippen molar-refractivity contribution in [3.8, 4) is 23.0 Å². The molecule has 3 rings (SSSR count). The molecule has 6 heteroatoms. The number of allylic oxidation sites excluding steroid dienone is 1. The van der Waals surface area contributed by atoms with Gasteiger partial charge in [-0.1, -0.05) is 19.4 Å². The fourth-order valence-electron chi connectivity index (χ4n) is 3.32. The number of aromatic hydroxyl groups is 1. The van der Waals surface area contributed by atoms with E-state index < -0.39 is 0 Å². The number of methoxy groups -OCH3 is 2. The molecule has 0 aromatic heterocycles. The Bertz CT molecular complexity index is 935. The minimum Gasteiger partial charge on any atom is -0.507 e. The predicted molar refractivity (Wildman–Crippen MR) is 112 cm³/mol. The third kappa shape index (κ3) is 4.38. The summed E-state index contributed by atoms with van der Waals surface area (Å²) < 4.78 is 16.5. The van der Waals surface area contributed by atoms with Gasteiger partial charge in [0.1, 0.15) is 11.5 Å². The minimum absolute atomic E-state index is 0.132. The first-order valence-corrected chi connectivity index (χ1v) is 9.68. The van der Waals surface area contributed by atoms with Crippen LogP contribution in [0.15, 0.2) is 36.1 Å². The smallest absolute Gasteiger partial charge is 0.231 e. The van der Waals surface area contributed by atoms with Crippen molar-refractivity contribution in [1.29, 1.82) is 0 Å². The molecule has 2 aromatic carbocycles. The van der Waals surface area contributed by atoms with Gasteiger partial charge in [-0.15, -0.1) is 0 Å². The van der Waals surface area contributed by atoms with Crippen LogP contribution in [-0.4, -0.2) is 43.6 Å². The molecule has 0 amide bonds. The summed E-state index contributed by atoms with van der Waals surface area (Å²) in [5.41, 5.74) is 1.85. The largest absolute Gasteiger partial charge is 0.507 e. The normalized spacial score (nSPS) is 14.2. The molecular formula is C23H27NO5. The summed E-state index contributed by atoms with van der Waals surface area (Å²) in [7, 11) is 5.12.